The van der Waals surface area contributed by atoms with Gasteiger partial charge in [0, 0.05) is 39.3 Å². The van der Waals surface area contributed by atoms with Crippen LogP contribution in [0.4, 0.5) is 0 Å². The molecule has 0 saturated carbocycles. The molecule has 0 aromatic heterocycles. The molecule has 0 aliphatic carbocycles. The van der Waals surface area contributed by atoms with Crippen molar-refractivity contribution in [3.05, 3.63) is 0 Å². The third-order valence-electron chi connectivity index (χ3n) is 5.64. The molecule has 1 rings (SSSR count). The molecule has 3 N–H and O–H groups in total. The maximum atomic E-state index is 11.9. The number of Topliss-reactive ketones (excluding diaryl/α,β-unsaturated/α-hetero) is 1. The standard InChI is InChI=1S/C24H44N2O6/c1-3-4-6-11-20(29)12-7-5-9-16-25-23(30)13-8-10-17-31-24-22(26-19(2)28)15-14-21(18-27)32-24/h21-22,24,27H,3-18H2,1-2H3,(H,25,30)(H,26,28). The zero-order valence-electron chi connectivity index (χ0n) is 20.0. The molecule has 1 aliphatic heterocycles. The number of hydrogen-bond donors (Lipinski definition) is 3. The van der Waals surface area contributed by atoms with Gasteiger partial charge in [-0.15, -0.1) is 0 Å². The fraction of sp³-hybridized carbons (Fsp3) is 0.875. The topological polar surface area (TPSA) is 114 Å². The molecular formula is C24H44N2O6. The molecule has 1 aliphatic rings. The minimum Gasteiger partial charge on any atom is -0.394 e. The summed E-state index contributed by atoms with van der Waals surface area (Å²) in [5.41, 5.74) is 0. The van der Waals surface area contributed by atoms with Crippen LogP contribution in [0.5, 0.6) is 0 Å². The molecule has 1 fully saturated rings. The molecule has 0 spiro atoms. The number of nitrogens with one attached hydrogen (secondary N) is 2. The zero-order valence-corrected chi connectivity index (χ0v) is 20.0. The summed E-state index contributed by atoms with van der Waals surface area (Å²) in [5.74, 6) is 0.259. The van der Waals surface area contributed by atoms with Crippen molar-refractivity contribution in [2.45, 2.75) is 116 Å². The summed E-state index contributed by atoms with van der Waals surface area (Å²) in [6.45, 7) is 4.61. The predicted octanol–water partition coefficient (Wildman–Crippen LogP) is 3.00. The van der Waals surface area contributed by atoms with Gasteiger partial charge in [-0.25, -0.2) is 0 Å². The average molecular weight is 457 g/mol. The van der Waals surface area contributed by atoms with E-state index in [9.17, 15) is 19.5 Å². The predicted molar refractivity (Wildman–Crippen MR) is 123 cm³/mol. The van der Waals surface area contributed by atoms with Gasteiger partial charge in [0.2, 0.25) is 11.8 Å². The third-order valence-corrected chi connectivity index (χ3v) is 5.64. The van der Waals surface area contributed by atoms with Crippen molar-refractivity contribution >= 4 is 17.6 Å². The summed E-state index contributed by atoms with van der Waals surface area (Å²) in [5, 5.41) is 15.1. The van der Waals surface area contributed by atoms with Crippen LogP contribution in [-0.2, 0) is 23.9 Å². The van der Waals surface area contributed by atoms with Crippen molar-refractivity contribution in [1.29, 1.82) is 0 Å². The van der Waals surface area contributed by atoms with Crippen molar-refractivity contribution in [3.8, 4) is 0 Å². The number of ether oxygens (including phenoxy) is 2. The fourth-order valence-corrected chi connectivity index (χ4v) is 3.77. The molecule has 0 radical (unpaired) electrons. The normalized spacial score (nSPS) is 20.7. The van der Waals surface area contributed by atoms with Crippen LogP contribution in [0.2, 0.25) is 0 Å². The van der Waals surface area contributed by atoms with Gasteiger partial charge in [0.1, 0.15) is 5.78 Å². The SMILES string of the molecule is CCCCCC(=O)CCCCCNC(=O)CCCCOC1OC(CO)CCC1NC(C)=O. The number of aliphatic hydroxyl groups excluding tert-OH is 1. The Bertz CT molecular complexity index is 543. The first-order valence-corrected chi connectivity index (χ1v) is 12.4. The lowest BCUT2D eigenvalue weighted by molar-refractivity contribution is -0.214. The largest absolute Gasteiger partial charge is 0.394 e. The Labute approximate surface area is 193 Å². The van der Waals surface area contributed by atoms with Gasteiger partial charge in [0.25, 0.3) is 0 Å². The second-order valence-electron chi connectivity index (χ2n) is 8.68. The number of carbonyl (C=O) groups excluding carboxylic acids is 3. The molecule has 186 valence electrons. The summed E-state index contributed by atoms with van der Waals surface area (Å²) >= 11 is 0. The fourth-order valence-electron chi connectivity index (χ4n) is 3.77. The van der Waals surface area contributed by atoms with Gasteiger partial charge in [0.15, 0.2) is 6.29 Å². The summed E-state index contributed by atoms with van der Waals surface area (Å²) < 4.78 is 11.5. The van der Waals surface area contributed by atoms with E-state index >= 15 is 0 Å². The van der Waals surface area contributed by atoms with Crippen molar-refractivity contribution in [3.63, 3.8) is 0 Å². The highest BCUT2D eigenvalue weighted by Crippen LogP contribution is 2.21. The van der Waals surface area contributed by atoms with Crippen molar-refractivity contribution < 1.29 is 29.0 Å². The van der Waals surface area contributed by atoms with E-state index in [-0.39, 0.29) is 30.6 Å². The van der Waals surface area contributed by atoms with Crippen molar-refractivity contribution in [2.75, 3.05) is 19.8 Å². The lowest BCUT2D eigenvalue weighted by atomic mass is 10.0. The van der Waals surface area contributed by atoms with E-state index in [4.69, 9.17) is 9.47 Å². The highest BCUT2D eigenvalue weighted by atomic mass is 16.7. The average Bonchev–Trinajstić information content (AvgIpc) is 2.76. The summed E-state index contributed by atoms with van der Waals surface area (Å²) in [7, 11) is 0. The molecule has 3 atom stereocenters. The molecule has 32 heavy (non-hydrogen) atoms. The molecule has 1 heterocycles. The number of aliphatic hydroxyl groups is 1. The first-order chi connectivity index (χ1) is 15.5. The Morgan fingerprint density at radius 1 is 0.969 bits per heavy atom. The zero-order chi connectivity index (χ0) is 23.6. The van der Waals surface area contributed by atoms with E-state index in [1.807, 2.05) is 0 Å². The molecule has 3 unspecified atom stereocenters. The second-order valence-corrected chi connectivity index (χ2v) is 8.68. The van der Waals surface area contributed by atoms with Crippen LogP contribution in [0.25, 0.3) is 0 Å². The number of hydrogen-bond acceptors (Lipinski definition) is 6. The minimum atomic E-state index is -0.572. The second kappa shape index (κ2) is 18.0. The van der Waals surface area contributed by atoms with E-state index in [1.54, 1.807) is 0 Å². The first-order valence-electron chi connectivity index (χ1n) is 12.4. The Kier molecular flexibility index (Phi) is 16.0. The molecule has 2 amide bonds. The van der Waals surface area contributed by atoms with Gasteiger partial charge in [-0.1, -0.05) is 26.2 Å². The highest BCUT2D eigenvalue weighted by molar-refractivity contribution is 5.78. The quantitative estimate of drug-likeness (QED) is 0.273. The molecular weight excluding hydrogens is 412 g/mol. The maximum absolute atomic E-state index is 11.9. The van der Waals surface area contributed by atoms with Gasteiger partial charge in [-0.05, 0) is 44.9 Å². The smallest absolute Gasteiger partial charge is 0.219 e. The number of carbonyl (C=O) groups is 3. The Morgan fingerprint density at radius 2 is 1.69 bits per heavy atom. The lowest BCUT2D eigenvalue weighted by Crippen LogP contribution is -2.50. The molecule has 0 aromatic rings. The molecule has 1 saturated heterocycles. The molecule has 0 bridgehead atoms. The monoisotopic (exact) mass is 456 g/mol. The Morgan fingerprint density at radius 3 is 2.38 bits per heavy atom. The minimum absolute atomic E-state index is 0.0334. The number of rotatable bonds is 18. The molecule has 8 nitrogen and oxygen atoms in total. The summed E-state index contributed by atoms with van der Waals surface area (Å²) in [6, 6.07) is -0.217. The maximum Gasteiger partial charge on any atom is 0.219 e. The van der Waals surface area contributed by atoms with Crippen molar-refractivity contribution in [2.24, 2.45) is 0 Å². The van der Waals surface area contributed by atoms with E-state index < -0.39 is 6.29 Å². The van der Waals surface area contributed by atoms with Gasteiger partial charge in [0.05, 0.1) is 18.8 Å². The van der Waals surface area contributed by atoms with Crippen LogP contribution < -0.4 is 10.6 Å². The van der Waals surface area contributed by atoms with Crippen LogP contribution in [-0.4, -0.2) is 60.9 Å². The first kappa shape index (κ1) is 28.5. The number of amides is 2. The van der Waals surface area contributed by atoms with Crippen LogP contribution in [0, 0.1) is 0 Å². The van der Waals surface area contributed by atoms with Crippen LogP contribution >= 0.6 is 0 Å². The van der Waals surface area contributed by atoms with Gasteiger partial charge < -0.3 is 25.2 Å². The Hall–Kier alpha value is -1.51. The van der Waals surface area contributed by atoms with Gasteiger partial charge in [-0.2, -0.15) is 0 Å². The number of ketones is 1. The summed E-state index contributed by atoms with van der Waals surface area (Å²) in [6.07, 6.45) is 9.78. The third kappa shape index (κ3) is 13.8. The van der Waals surface area contributed by atoms with E-state index in [2.05, 4.69) is 17.6 Å². The Balaban J connectivity index is 2.04. The van der Waals surface area contributed by atoms with Gasteiger partial charge >= 0.3 is 0 Å². The van der Waals surface area contributed by atoms with Crippen molar-refractivity contribution in [1.82, 2.24) is 10.6 Å². The van der Waals surface area contributed by atoms with Crippen LogP contribution in [0.3, 0.4) is 0 Å². The molecule has 8 heteroatoms. The molecule has 0 aromatic carbocycles. The van der Waals surface area contributed by atoms with Crippen LogP contribution in [0.1, 0.15) is 97.3 Å². The van der Waals surface area contributed by atoms with E-state index in [0.717, 1.165) is 38.5 Å². The number of unbranched alkanes of at least 4 members (excludes halogenated alkanes) is 5. The van der Waals surface area contributed by atoms with E-state index in [1.165, 1.54) is 6.92 Å². The lowest BCUT2D eigenvalue weighted by Gasteiger charge is -2.35. The van der Waals surface area contributed by atoms with Gasteiger partial charge in [-0.3, -0.25) is 14.4 Å². The van der Waals surface area contributed by atoms with Crippen LogP contribution in [0.15, 0.2) is 0 Å². The summed E-state index contributed by atoms with van der Waals surface area (Å²) in [4.78, 5) is 35.0. The van der Waals surface area contributed by atoms with E-state index in [0.29, 0.717) is 63.9 Å². The highest BCUT2D eigenvalue weighted by Gasteiger charge is 2.32.